The zero-order valence-corrected chi connectivity index (χ0v) is 15.4. The number of anilines is 1. The maximum Gasteiger partial charge on any atom is 0.241 e. The normalized spacial score (nSPS) is 11.2. The van der Waals surface area contributed by atoms with Crippen molar-refractivity contribution in [1.29, 1.82) is 0 Å². The van der Waals surface area contributed by atoms with Gasteiger partial charge in [0.25, 0.3) is 0 Å². The molecule has 0 atom stereocenters. The standard InChI is InChI=1S/C17H20N2O4S2/c1-2-3-9-19-14-10-12(17(20)24)11-15(25(18,21)22)16(14)23-13-7-5-4-6-8-13/h4-8,10-11,19H,2-3,9H2,1H3,(H,20,24)(H2,18,21,22). The van der Waals surface area contributed by atoms with E-state index in [-0.39, 0.29) is 16.2 Å². The minimum atomic E-state index is -4.11. The number of nitrogens with two attached hydrogens (primary N) is 1. The van der Waals surface area contributed by atoms with Crippen molar-refractivity contribution in [3.63, 3.8) is 0 Å². The smallest absolute Gasteiger partial charge is 0.241 e. The number of carbonyl (C=O) groups is 1. The summed E-state index contributed by atoms with van der Waals surface area (Å²) >= 11 is 3.78. The monoisotopic (exact) mass is 380 g/mol. The van der Waals surface area contributed by atoms with Gasteiger partial charge in [-0.3, -0.25) is 4.79 Å². The molecule has 25 heavy (non-hydrogen) atoms. The first-order valence-electron chi connectivity index (χ1n) is 7.74. The van der Waals surface area contributed by atoms with Crippen LogP contribution in [0.15, 0.2) is 47.4 Å². The topological polar surface area (TPSA) is 98.5 Å². The molecule has 0 heterocycles. The van der Waals surface area contributed by atoms with Crippen LogP contribution in [0.4, 0.5) is 5.69 Å². The molecule has 0 spiro atoms. The van der Waals surface area contributed by atoms with Crippen LogP contribution < -0.4 is 15.2 Å². The van der Waals surface area contributed by atoms with E-state index in [1.54, 1.807) is 24.3 Å². The largest absolute Gasteiger partial charge is 0.454 e. The average Bonchev–Trinajstić information content (AvgIpc) is 2.56. The summed E-state index contributed by atoms with van der Waals surface area (Å²) in [6.45, 7) is 2.63. The van der Waals surface area contributed by atoms with Crippen LogP contribution in [0, 0.1) is 0 Å². The molecular weight excluding hydrogens is 360 g/mol. The maximum absolute atomic E-state index is 12.0. The predicted molar refractivity (Wildman–Crippen MR) is 101 cm³/mol. The molecule has 0 saturated heterocycles. The summed E-state index contributed by atoms with van der Waals surface area (Å²) < 4.78 is 29.8. The summed E-state index contributed by atoms with van der Waals surface area (Å²) in [6, 6.07) is 11.4. The van der Waals surface area contributed by atoms with E-state index >= 15 is 0 Å². The van der Waals surface area contributed by atoms with Gasteiger partial charge in [-0.1, -0.05) is 31.5 Å². The average molecular weight is 380 g/mol. The molecule has 0 amide bonds. The van der Waals surface area contributed by atoms with Gasteiger partial charge in [-0.2, -0.15) is 0 Å². The van der Waals surface area contributed by atoms with E-state index in [0.29, 0.717) is 18.0 Å². The first-order chi connectivity index (χ1) is 11.8. The number of nitrogens with one attached hydrogen (secondary N) is 1. The zero-order valence-electron chi connectivity index (χ0n) is 13.7. The summed E-state index contributed by atoms with van der Waals surface area (Å²) in [5, 5.41) is 7.88. The Balaban J connectivity index is 2.59. The van der Waals surface area contributed by atoms with Crippen molar-refractivity contribution in [2.45, 2.75) is 24.7 Å². The van der Waals surface area contributed by atoms with Gasteiger partial charge in [-0.25, -0.2) is 13.6 Å². The van der Waals surface area contributed by atoms with E-state index in [1.807, 2.05) is 13.0 Å². The van der Waals surface area contributed by atoms with Crippen LogP contribution in [0.1, 0.15) is 30.1 Å². The van der Waals surface area contributed by atoms with E-state index < -0.39 is 15.1 Å². The third kappa shape index (κ3) is 5.22. The molecule has 8 heteroatoms. The predicted octanol–water partition coefficient (Wildman–Crippen LogP) is 3.41. The number of hydrogen-bond acceptors (Lipinski definition) is 5. The van der Waals surface area contributed by atoms with Crippen molar-refractivity contribution in [3.8, 4) is 11.5 Å². The SMILES string of the molecule is CCCCNc1cc(C(=O)S)cc(S(N)(=O)=O)c1Oc1ccccc1. The summed E-state index contributed by atoms with van der Waals surface area (Å²) in [6.07, 6.45) is 1.82. The highest BCUT2D eigenvalue weighted by atomic mass is 32.2. The lowest BCUT2D eigenvalue weighted by Crippen LogP contribution is -2.16. The van der Waals surface area contributed by atoms with E-state index in [4.69, 9.17) is 9.88 Å². The Kier molecular flexibility index (Phi) is 6.46. The van der Waals surface area contributed by atoms with Crippen LogP contribution in [0.5, 0.6) is 11.5 Å². The molecule has 134 valence electrons. The molecule has 0 aliphatic heterocycles. The van der Waals surface area contributed by atoms with Gasteiger partial charge in [0, 0.05) is 12.1 Å². The van der Waals surface area contributed by atoms with Crippen molar-refractivity contribution in [3.05, 3.63) is 48.0 Å². The first-order valence-corrected chi connectivity index (χ1v) is 9.73. The number of benzene rings is 2. The number of rotatable bonds is 8. The fourth-order valence-corrected chi connectivity index (χ4v) is 3.01. The van der Waals surface area contributed by atoms with Crippen LogP contribution in [-0.4, -0.2) is 20.1 Å². The molecule has 0 bridgehead atoms. The third-order valence-corrected chi connectivity index (χ3v) is 4.59. The van der Waals surface area contributed by atoms with Crippen LogP contribution in [-0.2, 0) is 10.0 Å². The number of primary sulfonamides is 1. The number of sulfonamides is 1. The lowest BCUT2D eigenvalue weighted by molar-refractivity contribution is 0.109. The van der Waals surface area contributed by atoms with Gasteiger partial charge in [0.15, 0.2) is 5.75 Å². The van der Waals surface area contributed by atoms with Crippen molar-refractivity contribution >= 4 is 33.5 Å². The number of unbranched alkanes of at least 4 members (excludes halogenated alkanes) is 1. The molecule has 6 nitrogen and oxygen atoms in total. The highest BCUT2D eigenvalue weighted by Crippen LogP contribution is 2.37. The third-order valence-electron chi connectivity index (χ3n) is 3.42. The fourth-order valence-electron chi connectivity index (χ4n) is 2.18. The number of hydrogen-bond donors (Lipinski definition) is 3. The fraction of sp³-hybridized carbons (Fsp3) is 0.235. The van der Waals surface area contributed by atoms with Gasteiger partial charge in [-0.05, 0) is 30.7 Å². The number of thiol groups is 1. The van der Waals surface area contributed by atoms with E-state index in [1.165, 1.54) is 12.1 Å². The van der Waals surface area contributed by atoms with Gasteiger partial charge < -0.3 is 10.1 Å². The quantitative estimate of drug-likeness (QED) is 0.481. The Hall–Kier alpha value is -2.03. The Bertz CT molecular complexity index is 852. The Morgan fingerprint density at radius 3 is 2.48 bits per heavy atom. The molecular formula is C17H20N2O4S2. The molecule has 3 N–H and O–H groups in total. The molecule has 0 fully saturated rings. The van der Waals surface area contributed by atoms with Crippen molar-refractivity contribution in [2.24, 2.45) is 5.14 Å². The van der Waals surface area contributed by atoms with Gasteiger partial charge in [-0.15, -0.1) is 12.6 Å². The van der Waals surface area contributed by atoms with Gasteiger partial charge in [0.05, 0.1) is 5.69 Å². The van der Waals surface area contributed by atoms with E-state index in [2.05, 4.69) is 17.9 Å². The Morgan fingerprint density at radius 2 is 1.92 bits per heavy atom. The summed E-state index contributed by atoms with van der Waals surface area (Å²) in [7, 11) is -4.11. The van der Waals surface area contributed by atoms with Crippen LogP contribution >= 0.6 is 12.6 Å². The number of para-hydroxylation sites is 1. The Labute approximate surface area is 152 Å². The lowest BCUT2D eigenvalue weighted by Gasteiger charge is -2.17. The van der Waals surface area contributed by atoms with E-state index in [9.17, 15) is 13.2 Å². The highest BCUT2D eigenvalue weighted by Gasteiger charge is 2.22. The van der Waals surface area contributed by atoms with Crippen LogP contribution in [0.3, 0.4) is 0 Å². The van der Waals surface area contributed by atoms with E-state index in [0.717, 1.165) is 12.8 Å². The first kappa shape index (κ1) is 19.3. The Morgan fingerprint density at radius 1 is 1.24 bits per heavy atom. The second-order valence-corrected chi connectivity index (χ2v) is 7.33. The zero-order chi connectivity index (χ0) is 18.4. The molecule has 2 rings (SSSR count). The van der Waals surface area contributed by atoms with Crippen molar-refractivity contribution < 1.29 is 17.9 Å². The maximum atomic E-state index is 12.0. The van der Waals surface area contributed by atoms with Crippen LogP contribution in [0.2, 0.25) is 0 Å². The number of carbonyl (C=O) groups excluding carboxylic acids is 1. The summed E-state index contributed by atoms with van der Waals surface area (Å²) in [5.41, 5.74) is 0.494. The summed E-state index contributed by atoms with van der Waals surface area (Å²) in [5.74, 6) is 0.513. The van der Waals surface area contributed by atoms with Crippen molar-refractivity contribution in [1.82, 2.24) is 0 Å². The second kappa shape index (κ2) is 8.37. The summed E-state index contributed by atoms with van der Waals surface area (Å²) in [4.78, 5) is 11.4. The van der Waals surface area contributed by atoms with Gasteiger partial charge in [0.2, 0.25) is 15.1 Å². The lowest BCUT2D eigenvalue weighted by atomic mass is 10.2. The molecule has 0 unspecified atom stereocenters. The molecule has 2 aromatic rings. The van der Waals surface area contributed by atoms with Gasteiger partial charge in [0.1, 0.15) is 10.6 Å². The molecule has 0 aliphatic carbocycles. The molecule has 0 saturated carbocycles. The minimum absolute atomic E-state index is 0.0585. The highest BCUT2D eigenvalue weighted by molar-refractivity contribution is 7.97. The molecule has 0 aromatic heterocycles. The molecule has 0 radical (unpaired) electrons. The van der Waals surface area contributed by atoms with Gasteiger partial charge >= 0.3 is 0 Å². The minimum Gasteiger partial charge on any atom is -0.454 e. The van der Waals surface area contributed by atoms with Crippen molar-refractivity contribution in [2.75, 3.05) is 11.9 Å². The molecule has 0 aliphatic rings. The number of ether oxygens (including phenoxy) is 1. The molecule has 2 aromatic carbocycles. The second-order valence-electron chi connectivity index (χ2n) is 5.40. The van der Waals surface area contributed by atoms with Crippen LogP contribution in [0.25, 0.3) is 0 Å².